The van der Waals surface area contributed by atoms with E-state index in [4.69, 9.17) is 42.4 Å². The lowest BCUT2D eigenvalue weighted by Gasteiger charge is -2.38. The number of anilines is 2. The highest BCUT2D eigenvalue weighted by Crippen LogP contribution is 2.30. The van der Waals surface area contributed by atoms with Crippen LogP contribution in [-0.2, 0) is 4.57 Å². The minimum atomic E-state index is -4.64. The maximum atomic E-state index is 8.88. The van der Waals surface area contributed by atoms with E-state index >= 15 is 0 Å². The van der Waals surface area contributed by atoms with Crippen molar-refractivity contribution in [3.05, 3.63) is 71.0 Å². The molecule has 2 aliphatic heterocycles. The lowest BCUT2D eigenvalue weighted by molar-refractivity contribution is 0.213. The van der Waals surface area contributed by atoms with E-state index in [1.54, 1.807) is 0 Å². The quantitative estimate of drug-likeness (QED) is 0.219. The van der Waals surface area contributed by atoms with Gasteiger partial charge in [-0.3, -0.25) is 19.8 Å². The first kappa shape index (κ1) is 35.9. The van der Waals surface area contributed by atoms with Gasteiger partial charge in [-0.05, 0) is 68.0 Å². The third-order valence-corrected chi connectivity index (χ3v) is 8.21. The van der Waals surface area contributed by atoms with Crippen LogP contribution in [0.15, 0.2) is 60.9 Å². The van der Waals surface area contributed by atoms with Crippen molar-refractivity contribution < 1.29 is 19.2 Å². The van der Waals surface area contributed by atoms with Gasteiger partial charge in [-0.25, -0.2) is 4.57 Å². The van der Waals surface area contributed by atoms with E-state index in [0.717, 1.165) is 86.5 Å². The molecule has 0 spiro atoms. The normalized spacial score (nSPS) is 16.2. The van der Waals surface area contributed by atoms with E-state index in [1.807, 2.05) is 36.7 Å². The summed E-state index contributed by atoms with van der Waals surface area (Å²) in [7, 11) is -4.64. The van der Waals surface area contributed by atoms with E-state index < -0.39 is 7.82 Å². The average Bonchev–Trinajstić information content (AvgIpc) is 2.96. The number of phosphoric acid groups is 1. The van der Waals surface area contributed by atoms with Crippen LogP contribution in [-0.4, -0.2) is 99.9 Å². The summed E-state index contributed by atoms with van der Waals surface area (Å²) in [6, 6.07) is 16.3. The van der Waals surface area contributed by atoms with Gasteiger partial charge in [0, 0.05) is 96.9 Å². The molecule has 2 fully saturated rings. The molecule has 0 atom stereocenters. The Morgan fingerprint density at radius 3 is 1.36 bits per heavy atom. The summed E-state index contributed by atoms with van der Waals surface area (Å²) in [5, 5.41) is 3.84. The van der Waals surface area contributed by atoms with Crippen LogP contribution in [0.3, 0.4) is 0 Å². The summed E-state index contributed by atoms with van der Waals surface area (Å²) in [6.45, 7) is 10.9. The van der Waals surface area contributed by atoms with E-state index in [9.17, 15) is 0 Å². The summed E-state index contributed by atoms with van der Waals surface area (Å²) in [5.41, 5.74) is 4.47. The number of piperazine rings is 2. The zero-order valence-electron chi connectivity index (χ0n) is 23.2. The molecule has 0 radical (unpaired) electrons. The molecule has 240 valence electrons. The van der Waals surface area contributed by atoms with Crippen LogP contribution >= 0.6 is 31.0 Å². The molecular formula is C31H43Cl2N6O4P. The van der Waals surface area contributed by atoms with E-state index in [-0.39, 0.29) is 14.9 Å². The number of fused-ring (bicyclic) bond motifs is 2. The Bertz CT molecular complexity index is 1450. The molecule has 2 aliphatic rings. The number of hydrogen-bond acceptors (Lipinski definition) is 7. The first-order valence-corrected chi connectivity index (χ1v) is 16.3. The molecule has 6 rings (SSSR count). The summed E-state index contributed by atoms with van der Waals surface area (Å²) in [6.07, 6.45) is 5.01. The van der Waals surface area contributed by atoms with Crippen LogP contribution in [0.1, 0.15) is 21.3 Å². The standard InChI is InChI=1S/C29H32Cl2N6.2CH4.H3O4P/c30-22-2-4-24-26(20-22)32-8-6-28(24)36-16-12-34(13-17-36)10-1-11-35-14-18-37(19-15-35)29-7-9-33-27-21-23(31)3-5-25(27)29;;;1-5(2,3)4/h2-9,20-21H,1,10-19H2;2*1H4;(H3,1,2,3,4). The fraction of sp³-hybridized carbons (Fsp3) is 0.419. The van der Waals surface area contributed by atoms with E-state index in [1.165, 1.54) is 28.6 Å². The fourth-order valence-electron chi connectivity index (χ4n) is 5.71. The zero-order valence-corrected chi connectivity index (χ0v) is 25.6. The minimum Gasteiger partial charge on any atom is -0.368 e. The summed E-state index contributed by atoms with van der Waals surface area (Å²) >= 11 is 12.3. The van der Waals surface area contributed by atoms with Crippen LogP contribution in [0.2, 0.25) is 10.0 Å². The highest BCUT2D eigenvalue weighted by Gasteiger charge is 2.21. The molecule has 2 aromatic heterocycles. The second-order valence-corrected chi connectivity index (χ2v) is 12.4. The molecule has 10 nitrogen and oxygen atoms in total. The van der Waals surface area contributed by atoms with Gasteiger partial charge in [0.15, 0.2) is 0 Å². The molecule has 0 aliphatic carbocycles. The van der Waals surface area contributed by atoms with Crippen molar-refractivity contribution in [3.63, 3.8) is 0 Å². The number of rotatable bonds is 6. The van der Waals surface area contributed by atoms with Crippen LogP contribution in [0.4, 0.5) is 11.4 Å². The molecule has 0 unspecified atom stereocenters. The average molecular weight is 666 g/mol. The number of nitrogens with zero attached hydrogens (tertiary/aromatic N) is 6. The van der Waals surface area contributed by atoms with E-state index in [0.29, 0.717) is 0 Å². The summed E-state index contributed by atoms with van der Waals surface area (Å²) in [5.74, 6) is 0. The van der Waals surface area contributed by atoms with Gasteiger partial charge >= 0.3 is 7.82 Å². The molecule has 44 heavy (non-hydrogen) atoms. The Morgan fingerprint density at radius 1 is 0.636 bits per heavy atom. The van der Waals surface area contributed by atoms with Gasteiger partial charge < -0.3 is 24.5 Å². The Labute approximate surface area is 270 Å². The van der Waals surface area contributed by atoms with Crippen molar-refractivity contribution in [1.29, 1.82) is 0 Å². The first-order valence-electron chi connectivity index (χ1n) is 14.0. The molecule has 0 saturated carbocycles. The maximum absolute atomic E-state index is 8.88. The topological polar surface area (TPSA) is 117 Å². The Morgan fingerprint density at radius 2 is 1.00 bits per heavy atom. The highest BCUT2D eigenvalue weighted by atomic mass is 35.5. The van der Waals surface area contributed by atoms with Crippen LogP contribution in [0.5, 0.6) is 0 Å². The monoisotopic (exact) mass is 664 g/mol. The van der Waals surface area contributed by atoms with Crippen molar-refractivity contribution in [2.24, 2.45) is 0 Å². The molecule has 0 amide bonds. The Balaban J connectivity index is 0.000000702. The molecule has 0 bridgehead atoms. The predicted molar refractivity (Wildman–Crippen MR) is 183 cm³/mol. The molecule has 2 saturated heterocycles. The summed E-state index contributed by atoms with van der Waals surface area (Å²) in [4.78, 5) is 40.8. The van der Waals surface area contributed by atoms with Gasteiger partial charge in [0.2, 0.25) is 0 Å². The molecule has 2 aromatic carbocycles. The Hall–Kier alpha value is -2.53. The SMILES string of the molecule is C.C.Clc1ccc2c(N3CCN(CCCN4CCN(c5ccnc6cc(Cl)ccc56)CC4)CC3)ccnc2c1.O=P(O)(O)O. The zero-order chi connectivity index (χ0) is 29.7. The number of halogens is 2. The number of pyridine rings is 2. The number of aromatic nitrogens is 2. The lowest BCUT2D eigenvalue weighted by atomic mass is 10.1. The second kappa shape index (κ2) is 16.2. The lowest BCUT2D eigenvalue weighted by Crippen LogP contribution is -2.48. The van der Waals surface area contributed by atoms with Gasteiger partial charge in [0.25, 0.3) is 0 Å². The van der Waals surface area contributed by atoms with Crippen LogP contribution < -0.4 is 9.80 Å². The smallest absolute Gasteiger partial charge is 0.368 e. The van der Waals surface area contributed by atoms with Crippen LogP contribution in [0.25, 0.3) is 21.8 Å². The van der Waals surface area contributed by atoms with Crippen molar-refractivity contribution in [1.82, 2.24) is 19.8 Å². The van der Waals surface area contributed by atoms with Crippen LogP contribution in [0, 0.1) is 0 Å². The minimum absolute atomic E-state index is 0. The number of hydrogen-bond donors (Lipinski definition) is 3. The third-order valence-electron chi connectivity index (χ3n) is 7.74. The largest absolute Gasteiger partial charge is 0.466 e. The Kier molecular flexibility index (Phi) is 13.2. The number of benzene rings is 2. The van der Waals surface area contributed by atoms with Crippen molar-refractivity contribution in [2.45, 2.75) is 21.3 Å². The maximum Gasteiger partial charge on any atom is 0.466 e. The van der Waals surface area contributed by atoms with Crippen molar-refractivity contribution in [2.75, 3.05) is 75.2 Å². The molecule has 4 aromatic rings. The predicted octanol–water partition coefficient (Wildman–Crippen LogP) is 5.77. The van der Waals surface area contributed by atoms with Gasteiger partial charge in [-0.15, -0.1) is 0 Å². The highest BCUT2D eigenvalue weighted by molar-refractivity contribution is 7.45. The van der Waals surface area contributed by atoms with Gasteiger partial charge in [-0.2, -0.15) is 0 Å². The third kappa shape index (κ3) is 9.73. The van der Waals surface area contributed by atoms with Gasteiger partial charge in [-0.1, -0.05) is 38.1 Å². The van der Waals surface area contributed by atoms with Gasteiger partial charge in [0.05, 0.1) is 11.0 Å². The second-order valence-electron chi connectivity index (χ2n) is 10.5. The van der Waals surface area contributed by atoms with E-state index in [2.05, 4.69) is 53.8 Å². The molecular weight excluding hydrogens is 622 g/mol. The van der Waals surface area contributed by atoms with Crippen molar-refractivity contribution in [3.8, 4) is 0 Å². The summed E-state index contributed by atoms with van der Waals surface area (Å²) < 4.78 is 8.88. The first-order chi connectivity index (χ1) is 20.1. The molecule has 13 heteroatoms. The molecule has 4 heterocycles. The van der Waals surface area contributed by atoms with Crippen molar-refractivity contribution >= 4 is 64.2 Å². The fourth-order valence-corrected chi connectivity index (χ4v) is 6.04. The van der Waals surface area contributed by atoms with Gasteiger partial charge in [0.1, 0.15) is 0 Å². The molecule has 3 N–H and O–H groups in total.